The van der Waals surface area contributed by atoms with Crippen LogP contribution in [0.2, 0.25) is 0 Å². The van der Waals surface area contributed by atoms with Crippen LogP contribution in [0.25, 0.3) is 11.1 Å². The number of sulfonamides is 1. The second-order valence-electron chi connectivity index (χ2n) is 12.1. The predicted molar refractivity (Wildman–Crippen MR) is 168 cm³/mol. The van der Waals surface area contributed by atoms with Crippen molar-refractivity contribution >= 4 is 33.5 Å². The molecule has 1 aromatic heterocycles. The Morgan fingerprint density at radius 1 is 1.05 bits per heavy atom. The molecule has 0 radical (unpaired) electrons. The third-order valence-corrected chi connectivity index (χ3v) is 10.5. The van der Waals surface area contributed by atoms with Crippen LogP contribution in [-0.4, -0.2) is 59.7 Å². The Morgan fingerprint density at radius 3 is 2.45 bits per heavy atom. The molecule has 3 heterocycles. The number of hydrogen-bond donors (Lipinski definition) is 1. The quantitative estimate of drug-likeness (QED) is 0.304. The minimum atomic E-state index is -4.09. The van der Waals surface area contributed by atoms with Crippen LogP contribution in [-0.2, 0) is 21.4 Å². The zero-order chi connectivity index (χ0) is 31.1. The van der Waals surface area contributed by atoms with Gasteiger partial charge in [-0.3, -0.25) is 24.2 Å². The maximum absolute atomic E-state index is 13.8. The third-order valence-electron chi connectivity index (χ3n) is 9.14. The smallest absolute Gasteiger partial charge is 0.263 e. The highest BCUT2D eigenvalue weighted by Gasteiger charge is 2.49. The molecule has 2 fully saturated rings. The van der Waals surface area contributed by atoms with Crippen molar-refractivity contribution in [3.8, 4) is 11.1 Å². The predicted octanol–water partition coefficient (Wildman–Crippen LogP) is 5.85. The molecule has 10 nitrogen and oxygen atoms in total. The Hall–Kier alpha value is -3.99. The Bertz CT molecular complexity index is 1730. The lowest BCUT2D eigenvalue weighted by molar-refractivity contribution is -0.131. The summed E-state index contributed by atoms with van der Waals surface area (Å²) in [5.74, 6) is 1.38. The number of nitrogens with zero attached hydrogens (tertiary/aromatic N) is 4. The first-order chi connectivity index (χ1) is 21.1. The summed E-state index contributed by atoms with van der Waals surface area (Å²) in [5.41, 5.74) is 2.09. The molecule has 3 aliphatic rings. The van der Waals surface area contributed by atoms with Crippen LogP contribution in [0.5, 0.6) is 0 Å². The Kier molecular flexibility index (Phi) is 8.08. The molecule has 232 valence electrons. The molecule has 2 aliphatic heterocycles. The molecule has 11 heteroatoms. The molecule has 2 amide bonds. The summed E-state index contributed by atoms with van der Waals surface area (Å²) in [7, 11) is -4.09. The number of nitrogens with one attached hydrogen (secondary N) is 1. The largest absolute Gasteiger partial charge is 0.359 e. The lowest BCUT2D eigenvalue weighted by atomic mass is 9.95. The Labute approximate surface area is 258 Å². The molecule has 0 atom stereocenters. The Morgan fingerprint density at radius 2 is 1.80 bits per heavy atom. The van der Waals surface area contributed by atoms with E-state index in [0.717, 1.165) is 62.8 Å². The van der Waals surface area contributed by atoms with Crippen LogP contribution in [0, 0.1) is 13.8 Å². The van der Waals surface area contributed by atoms with Crippen molar-refractivity contribution in [2.75, 3.05) is 17.8 Å². The fraction of sp³-hybridized carbons (Fsp3) is 0.455. The standard InChI is InChI=1S/C33H39N5O5S/c1-4-5-13-29-34-33(16-8-9-17-33)32(40)38(29)21-24-14-15-25(27(20-24)31(39)37-18-10-19-37)26-11-6-7-12-28(26)44(41,42)36-30-22(2)23(3)43-35-30/h6-7,11-12,14-15,20H,4-5,8-10,13,16-19,21H2,1-3H3,(H,35,36). The van der Waals surface area contributed by atoms with Gasteiger partial charge >= 0.3 is 0 Å². The number of benzene rings is 2. The summed E-state index contributed by atoms with van der Waals surface area (Å²) in [6.45, 7) is 7.18. The van der Waals surface area contributed by atoms with Gasteiger partial charge in [-0.25, -0.2) is 8.42 Å². The minimum absolute atomic E-state index is 0.0253. The van der Waals surface area contributed by atoms with Gasteiger partial charge in [-0.1, -0.05) is 61.7 Å². The highest BCUT2D eigenvalue weighted by atomic mass is 32.2. The average Bonchev–Trinajstić information content (AvgIpc) is 3.66. The highest BCUT2D eigenvalue weighted by molar-refractivity contribution is 7.92. The molecule has 1 spiro atoms. The first kappa shape index (κ1) is 30.1. The highest BCUT2D eigenvalue weighted by Crippen LogP contribution is 2.40. The number of hydrogen-bond acceptors (Lipinski definition) is 7. The Balaban J connectivity index is 1.38. The fourth-order valence-corrected chi connectivity index (χ4v) is 7.57. The van der Waals surface area contributed by atoms with Gasteiger partial charge in [0.1, 0.15) is 17.1 Å². The third kappa shape index (κ3) is 5.42. The van der Waals surface area contributed by atoms with Gasteiger partial charge < -0.3 is 9.42 Å². The van der Waals surface area contributed by atoms with Crippen molar-refractivity contribution in [2.45, 2.75) is 89.1 Å². The van der Waals surface area contributed by atoms with E-state index in [1.807, 2.05) is 17.0 Å². The number of aromatic nitrogens is 1. The summed E-state index contributed by atoms with van der Waals surface area (Å²) in [6, 6.07) is 12.1. The number of amides is 2. The van der Waals surface area contributed by atoms with E-state index in [9.17, 15) is 18.0 Å². The van der Waals surface area contributed by atoms with Gasteiger partial charge in [-0.05, 0) is 62.8 Å². The van der Waals surface area contributed by atoms with E-state index in [1.165, 1.54) is 6.07 Å². The molecule has 6 rings (SSSR count). The van der Waals surface area contributed by atoms with Gasteiger partial charge in [-0.15, -0.1) is 0 Å². The van der Waals surface area contributed by atoms with Crippen molar-refractivity contribution in [3.05, 3.63) is 64.9 Å². The van der Waals surface area contributed by atoms with Crippen LogP contribution in [0.4, 0.5) is 5.82 Å². The first-order valence-electron chi connectivity index (χ1n) is 15.5. The molecule has 1 aliphatic carbocycles. The molecule has 3 aromatic rings. The summed E-state index contributed by atoms with van der Waals surface area (Å²) in [6.07, 6.45) is 7.18. The topological polar surface area (TPSA) is 125 Å². The van der Waals surface area contributed by atoms with E-state index in [4.69, 9.17) is 9.52 Å². The van der Waals surface area contributed by atoms with Crippen molar-refractivity contribution in [3.63, 3.8) is 0 Å². The van der Waals surface area contributed by atoms with Gasteiger partial charge in [0, 0.05) is 36.2 Å². The average molecular weight is 618 g/mol. The number of aryl methyl sites for hydroxylation is 1. The van der Waals surface area contributed by atoms with Crippen molar-refractivity contribution < 1.29 is 22.5 Å². The van der Waals surface area contributed by atoms with Crippen LogP contribution in [0.1, 0.15) is 85.5 Å². The van der Waals surface area contributed by atoms with E-state index >= 15 is 0 Å². The molecule has 0 unspecified atom stereocenters. The van der Waals surface area contributed by atoms with Gasteiger partial charge in [0.25, 0.3) is 21.8 Å². The van der Waals surface area contributed by atoms with Crippen molar-refractivity contribution in [1.29, 1.82) is 0 Å². The van der Waals surface area contributed by atoms with E-state index in [2.05, 4.69) is 16.8 Å². The number of unbranched alkanes of at least 4 members (excludes halogenated alkanes) is 1. The molecular formula is C33H39N5O5S. The lowest BCUT2D eigenvalue weighted by Crippen LogP contribution is -2.42. The lowest BCUT2D eigenvalue weighted by Gasteiger charge is -2.32. The molecule has 1 saturated carbocycles. The molecule has 1 N–H and O–H groups in total. The van der Waals surface area contributed by atoms with Crippen molar-refractivity contribution in [1.82, 2.24) is 15.0 Å². The normalized spacial score (nSPS) is 17.7. The first-order valence-corrected chi connectivity index (χ1v) is 17.0. The summed E-state index contributed by atoms with van der Waals surface area (Å²) in [4.78, 5) is 36.2. The number of carbonyl (C=O) groups excluding carboxylic acids is 2. The van der Waals surface area contributed by atoms with Gasteiger partial charge in [-0.2, -0.15) is 0 Å². The maximum Gasteiger partial charge on any atom is 0.263 e. The number of rotatable bonds is 10. The summed E-state index contributed by atoms with van der Waals surface area (Å²) >= 11 is 0. The zero-order valence-electron chi connectivity index (χ0n) is 25.6. The summed E-state index contributed by atoms with van der Waals surface area (Å²) < 4.78 is 35.1. The van der Waals surface area contributed by atoms with Crippen LogP contribution < -0.4 is 4.72 Å². The minimum Gasteiger partial charge on any atom is -0.359 e. The van der Waals surface area contributed by atoms with Crippen molar-refractivity contribution in [2.24, 2.45) is 4.99 Å². The van der Waals surface area contributed by atoms with Gasteiger partial charge in [0.15, 0.2) is 5.82 Å². The molecule has 44 heavy (non-hydrogen) atoms. The molecular weight excluding hydrogens is 578 g/mol. The number of aliphatic imine (C=N–C) groups is 1. The molecule has 1 saturated heterocycles. The van der Waals surface area contributed by atoms with Gasteiger partial charge in [0.05, 0.1) is 11.4 Å². The van der Waals surface area contributed by atoms with E-state index < -0.39 is 15.6 Å². The number of amidine groups is 1. The zero-order valence-corrected chi connectivity index (χ0v) is 26.4. The SMILES string of the molecule is CCCCC1=NC2(CCCC2)C(=O)N1Cc1ccc(-c2ccccc2S(=O)(=O)Nc2noc(C)c2C)c(C(=O)N2CCC2)c1. The monoisotopic (exact) mass is 617 g/mol. The maximum atomic E-state index is 13.8. The van der Waals surface area contributed by atoms with E-state index in [0.29, 0.717) is 47.6 Å². The van der Waals surface area contributed by atoms with Crippen LogP contribution >= 0.6 is 0 Å². The number of likely N-dealkylation sites (tertiary alicyclic amines) is 1. The second-order valence-corrected chi connectivity index (χ2v) is 13.8. The van der Waals surface area contributed by atoms with E-state index in [-0.39, 0.29) is 22.5 Å². The van der Waals surface area contributed by atoms with Crippen LogP contribution in [0.15, 0.2) is 56.9 Å². The fourth-order valence-electron chi connectivity index (χ4n) is 6.29. The van der Waals surface area contributed by atoms with Gasteiger partial charge in [0.2, 0.25) is 0 Å². The van der Waals surface area contributed by atoms with E-state index in [1.54, 1.807) is 43.0 Å². The molecule has 2 aromatic carbocycles. The number of carbonyl (C=O) groups is 2. The number of anilines is 1. The molecule has 0 bridgehead atoms. The summed E-state index contributed by atoms with van der Waals surface area (Å²) in [5, 5.41) is 3.87. The second kappa shape index (κ2) is 11.8. The van der Waals surface area contributed by atoms with Crippen LogP contribution in [0.3, 0.4) is 0 Å².